The normalized spacial score (nSPS) is 15.4. The molecule has 0 rings (SSSR count). The number of rotatable bonds is 7. The van der Waals surface area contributed by atoms with Crippen molar-refractivity contribution in [3.8, 4) is 0 Å². The number of aliphatic hydroxyl groups is 2. The largest absolute Gasteiger partial charge is 0.394 e. The number of hydrogen-bond donors (Lipinski definition) is 3. The summed E-state index contributed by atoms with van der Waals surface area (Å²) < 4.78 is 0. The van der Waals surface area contributed by atoms with Gasteiger partial charge in [0.1, 0.15) is 0 Å². The molecule has 0 heterocycles. The van der Waals surface area contributed by atoms with Gasteiger partial charge in [-0.1, -0.05) is 20.8 Å². The van der Waals surface area contributed by atoms with Gasteiger partial charge in [0.05, 0.1) is 18.5 Å². The van der Waals surface area contributed by atoms with E-state index in [-0.39, 0.29) is 24.0 Å². The van der Waals surface area contributed by atoms with Crippen LogP contribution in [0.25, 0.3) is 0 Å². The molecule has 0 aromatic rings. The maximum absolute atomic E-state index is 11.5. The van der Waals surface area contributed by atoms with Gasteiger partial charge in [-0.05, 0) is 18.8 Å². The van der Waals surface area contributed by atoms with Crippen LogP contribution in [0.15, 0.2) is 0 Å². The number of nitrogens with one attached hydrogen (secondary N) is 1. The van der Waals surface area contributed by atoms with Crippen molar-refractivity contribution in [2.24, 2.45) is 5.41 Å². The fourth-order valence-corrected chi connectivity index (χ4v) is 2.39. The van der Waals surface area contributed by atoms with E-state index in [1.165, 1.54) is 11.8 Å². The molecule has 0 aromatic heterocycles. The molecule has 102 valence electrons. The van der Waals surface area contributed by atoms with Crippen LogP contribution in [-0.4, -0.2) is 46.4 Å². The van der Waals surface area contributed by atoms with Crippen LogP contribution in [0.3, 0.4) is 0 Å². The Balaban J connectivity index is 3.72. The van der Waals surface area contributed by atoms with E-state index in [4.69, 9.17) is 10.2 Å². The Morgan fingerprint density at radius 1 is 1.41 bits per heavy atom. The monoisotopic (exact) mass is 263 g/mol. The van der Waals surface area contributed by atoms with Crippen LogP contribution < -0.4 is 5.32 Å². The average molecular weight is 263 g/mol. The van der Waals surface area contributed by atoms with E-state index in [0.717, 1.165) is 6.42 Å². The summed E-state index contributed by atoms with van der Waals surface area (Å²) in [5, 5.41) is 20.6. The van der Waals surface area contributed by atoms with Gasteiger partial charge in [-0.3, -0.25) is 4.79 Å². The van der Waals surface area contributed by atoms with Gasteiger partial charge in [0.2, 0.25) is 5.91 Å². The predicted molar refractivity (Wildman–Crippen MR) is 72.1 cm³/mol. The van der Waals surface area contributed by atoms with Crippen molar-refractivity contribution in [3.63, 3.8) is 0 Å². The summed E-state index contributed by atoms with van der Waals surface area (Å²) in [5.74, 6) is 0.695. The molecule has 5 heteroatoms. The van der Waals surface area contributed by atoms with Crippen molar-refractivity contribution in [1.29, 1.82) is 0 Å². The molecule has 0 fully saturated rings. The highest BCUT2D eigenvalue weighted by Gasteiger charge is 2.16. The highest BCUT2D eigenvalue weighted by atomic mass is 32.2. The summed E-state index contributed by atoms with van der Waals surface area (Å²) in [6.45, 7) is 8.16. The van der Waals surface area contributed by atoms with Gasteiger partial charge in [0, 0.05) is 11.8 Å². The van der Waals surface area contributed by atoms with Crippen LogP contribution in [0.5, 0.6) is 0 Å². The molecule has 0 spiro atoms. The van der Waals surface area contributed by atoms with Crippen LogP contribution >= 0.6 is 11.8 Å². The number of carbonyl (C=O) groups excluding carboxylic acids is 1. The third-order valence-electron chi connectivity index (χ3n) is 2.08. The second-order valence-electron chi connectivity index (χ2n) is 5.58. The summed E-state index contributed by atoms with van der Waals surface area (Å²) in [4.78, 5) is 11.5. The zero-order valence-electron chi connectivity index (χ0n) is 11.2. The van der Waals surface area contributed by atoms with Crippen molar-refractivity contribution in [3.05, 3.63) is 0 Å². The topological polar surface area (TPSA) is 69.6 Å². The summed E-state index contributed by atoms with van der Waals surface area (Å²) in [5.41, 5.74) is 0.201. The molecular formula is C12H25NO3S. The van der Waals surface area contributed by atoms with E-state index in [1.807, 2.05) is 6.92 Å². The molecule has 3 N–H and O–H groups in total. The Labute approximate surface area is 108 Å². The van der Waals surface area contributed by atoms with E-state index in [9.17, 15) is 4.79 Å². The summed E-state index contributed by atoms with van der Waals surface area (Å²) in [6.07, 6.45) is 0.197. The zero-order chi connectivity index (χ0) is 13.5. The first-order valence-corrected chi connectivity index (χ1v) is 7.06. The zero-order valence-corrected chi connectivity index (χ0v) is 12.0. The summed E-state index contributed by atoms with van der Waals surface area (Å²) in [6, 6.07) is 0.158. The second-order valence-corrected chi connectivity index (χ2v) is 6.62. The minimum Gasteiger partial charge on any atom is -0.394 e. The van der Waals surface area contributed by atoms with E-state index in [1.54, 1.807) is 0 Å². The molecule has 2 atom stereocenters. The van der Waals surface area contributed by atoms with Crippen molar-refractivity contribution in [2.75, 3.05) is 18.1 Å². The molecule has 0 radical (unpaired) electrons. The Kier molecular flexibility index (Phi) is 7.83. The Hall–Kier alpha value is -0.260. The van der Waals surface area contributed by atoms with E-state index in [0.29, 0.717) is 11.5 Å². The van der Waals surface area contributed by atoms with Gasteiger partial charge in [-0.25, -0.2) is 0 Å². The Morgan fingerprint density at radius 3 is 2.47 bits per heavy atom. The molecule has 4 nitrogen and oxygen atoms in total. The predicted octanol–water partition coefficient (Wildman–Crippen LogP) is 1.01. The Morgan fingerprint density at radius 2 is 2.00 bits per heavy atom. The molecule has 17 heavy (non-hydrogen) atoms. The molecule has 0 aromatic carbocycles. The molecule has 0 saturated carbocycles. The van der Waals surface area contributed by atoms with E-state index >= 15 is 0 Å². The molecule has 0 saturated heterocycles. The second kappa shape index (κ2) is 7.95. The number of amides is 1. The van der Waals surface area contributed by atoms with Crippen molar-refractivity contribution < 1.29 is 15.0 Å². The standard InChI is InChI=1S/C12H25NO3S/c1-9(5-12(2,3)4)13-11(16)8-17-7-10(15)6-14/h9-10,14-15H,5-8H2,1-4H3,(H,13,16). The molecule has 0 aliphatic rings. The van der Waals surface area contributed by atoms with Gasteiger partial charge < -0.3 is 15.5 Å². The van der Waals surface area contributed by atoms with Gasteiger partial charge in [-0.15, -0.1) is 11.8 Å². The third kappa shape index (κ3) is 10.6. The quantitative estimate of drug-likeness (QED) is 0.641. The highest BCUT2D eigenvalue weighted by Crippen LogP contribution is 2.20. The third-order valence-corrected chi connectivity index (χ3v) is 3.17. The van der Waals surface area contributed by atoms with E-state index in [2.05, 4.69) is 26.1 Å². The first-order valence-electron chi connectivity index (χ1n) is 5.90. The fraction of sp³-hybridized carbons (Fsp3) is 0.917. The lowest BCUT2D eigenvalue weighted by Crippen LogP contribution is -2.36. The summed E-state index contributed by atoms with van der Waals surface area (Å²) in [7, 11) is 0. The molecule has 0 aliphatic carbocycles. The average Bonchev–Trinajstić information content (AvgIpc) is 2.13. The van der Waals surface area contributed by atoms with Gasteiger partial charge in [0.25, 0.3) is 0 Å². The van der Waals surface area contributed by atoms with Gasteiger partial charge >= 0.3 is 0 Å². The maximum atomic E-state index is 11.5. The lowest BCUT2D eigenvalue weighted by Gasteiger charge is -2.24. The first-order chi connectivity index (χ1) is 7.74. The number of hydrogen-bond acceptors (Lipinski definition) is 4. The lowest BCUT2D eigenvalue weighted by atomic mass is 9.89. The SMILES string of the molecule is CC(CC(C)(C)C)NC(=O)CSCC(O)CO. The minimum atomic E-state index is -0.736. The molecular weight excluding hydrogens is 238 g/mol. The van der Waals surface area contributed by atoms with Crippen LogP contribution in [0.4, 0.5) is 0 Å². The molecule has 2 unspecified atom stereocenters. The smallest absolute Gasteiger partial charge is 0.230 e. The minimum absolute atomic E-state index is 0.0168. The summed E-state index contributed by atoms with van der Waals surface area (Å²) >= 11 is 1.33. The lowest BCUT2D eigenvalue weighted by molar-refractivity contribution is -0.119. The van der Waals surface area contributed by atoms with Crippen molar-refractivity contribution in [1.82, 2.24) is 5.32 Å². The Bertz CT molecular complexity index is 228. The van der Waals surface area contributed by atoms with Gasteiger partial charge in [0.15, 0.2) is 0 Å². The molecule has 0 aliphatic heterocycles. The van der Waals surface area contributed by atoms with Crippen LogP contribution in [-0.2, 0) is 4.79 Å². The van der Waals surface area contributed by atoms with Crippen molar-refractivity contribution in [2.45, 2.75) is 46.3 Å². The maximum Gasteiger partial charge on any atom is 0.230 e. The van der Waals surface area contributed by atoms with Crippen LogP contribution in [0, 0.1) is 5.41 Å². The highest BCUT2D eigenvalue weighted by molar-refractivity contribution is 7.99. The van der Waals surface area contributed by atoms with Crippen LogP contribution in [0.1, 0.15) is 34.1 Å². The van der Waals surface area contributed by atoms with E-state index < -0.39 is 6.10 Å². The van der Waals surface area contributed by atoms with Crippen LogP contribution in [0.2, 0.25) is 0 Å². The van der Waals surface area contributed by atoms with Gasteiger partial charge in [-0.2, -0.15) is 0 Å². The first kappa shape index (κ1) is 16.7. The molecule has 0 bridgehead atoms. The number of carbonyl (C=O) groups is 1. The van der Waals surface area contributed by atoms with Crippen molar-refractivity contribution >= 4 is 17.7 Å². The molecule has 1 amide bonds. The number of aliphatic hydroxyl groups excluding tert-OH is 2. The number of thioether (sulfide) groups is 1. The fourth-order valence-electron chi connectivity index (χ4n) is 1.63.